The van der Waals surface area contributed by atoms with Crippen LogP contribution in [0, 0.1) is 5.82 Å². The van der Waals surface area contributed by atoms with E-state index in [9.17, 15) is 14.0 Å². The minimum absolute atomic E-state index is 0.122. The fraction of sp³-hybridized carbons (Fsp3) is 0.0625. The summed E-state index contributed by atoms with van der Waals surface area (Å²) in [5.74, 6) is -1.81. The van der Waals surface area contributed by atoms with Gasteiger partial charge in [0.15, 0.2) is 5.01 Å². The number of pyridine rings is 1. The largest absolute Gasteiger partial charge is 0.343 e. The van der Waals surface area contributed by atoms with Gasteiger partial charge in [0.1, 0.15) is 11.5 Å². The maximum atomic E-state index is 13.5. The smallest absolute Gasteiger partial charge is 0.254 e. The van der Waals surface area contributed by atoms with Gasteiger partial charge in [0.25, 0.3) is 5.91 Å². The molecule has 2 amide bonds. The number of carbonyl (C=O) groups is 2. The van der Waals surface area contributed by atoms with Crippen molar-refractivity contribution in [1.29, 1.82) is 0 Å². The Kier molecular flexibility index (Phi) is 5.05. The maximum Gasteiger partial charge on any atom is 0.254 e. The van der Waals surface area contributed by atoms with E-state index in [1.54, 1.807) is 24.4 Å². The molecule has 0 aliphatic rings. The molecule has 0 bridgehead atoms. The van der Waals surface area contributed by atoms with E-state index in [-0.39, 0.29) is 17.2 Å². The summed E-state index contributed by atoms with van der Waals surface area (Å²) in [7, 11) is 0. The fourth-order valence-electron chi connectivity index (χ4n) is 1.93. The normalized spacial score (nSPS) is 10.3. The van der Waals surface area contributed by atoms with Gasteiger partial charge in [0.2, 0.25) is 11.0 Å². The molecule has 0 saturated heterocycles. The average Bonchev–Trinajstić information content (AvgIpc) is 3.09. The van der Waals surface area contributed by atoms with Crippen molar-refractivity contribution < 1.29 is 14.0 Å². The second-order valence-electron chi connectivity index (χ2n) is 4.84. The monoisotopic (exact) mass is 357 g/mol. The van der Waals surface area contributed by atoms with Gasteiger partial charge in [-0.1, -0.05) is 29.5 Å². The molecule has 0 unspecified atom stereocenters. The Bertz CT molecular complexity index is 900. The second kappa shape index (κ2) is 7.58. The van der Waals surface area contributed by atoms with Crippen LogP contribution in [0.4, 0.5) is 9.52 Å². The molecule has 0 fully saturated rings. The third-order valence-electron chi connectivity index (χ3n) is 3.08. The Morgan fingerprint density at radius 2 is 1.88 bits per heavy atom. The number of rotatable bonds is 5. The molecule has 0 spiro atoms. The van der Waals surface area contributed by atoms with Gasteiger partial charge in [-0.05, 0) is 24.3 Å². The number of hydrogen-bond donors (Lipinski definition) is 2. The lowest BCUT2D eigenvalue weighted by Crippen LogP contribution is -2.33. The minimum atomic E-state index is -0.667. The molecular weight excluding hydrogens is 345 g/mol. The van der Waals surface area contributed by atoms with Gasteiger partial charge >= 0.3 is 0 Å². The summed E-state index contributed by atoms with van der Waals surface area (Å²) in [4.78, 5) is 27.9. The summed E-state index contributed by atoms with van der Waals surface area (Å²) in [6, 6.07) is 10.9. The van der Waals surface area contributed by atoms with Gasteiger partial charge in [0.05, 0.1) is 12.1 Å². The molecule has 2 heterocycles. The highest BCUT2D eigenvalue weighted by Crippen LogP contribution is 2.24. The van der Waals surface area contributed by atoms with Crippen LogP contribution < -0.4 is 10.6 Å². The zero-order valence-corrected chi connectivity index (χ0v) is 13.6. The zero-order valence-electron chi connectivity index (χ0n) is 12.8. The van der Waals surface area contributed by atoms with Crippen LogP contribution in [0.15, 0.2) is 48.7 Å². The van der Waals surface area contributed by atoms with E-state index in [1.807, 2.05) is 6.07 Å². The predicted molar refractivity (Wildman–Crippen MR) is 90.5 cm³/mol. The van der Waals surface area contributed by atoms with Crippen molar-refractivity contribution >= 4 is 28.3 Å². The van der Waals surface area contributed by atoms with E-state index >= 15 is 0 Å². The summed E-state index contributed by atoms with van der Waals surface area (Å²) in [6.45, 7) is -0.314. The number of aromatic nitrogens is 3. The number of amides is 2. The average molecular weight is 357 g/mol. The quantitative estimate of drug-likeness (QED) is 0.729. The van der Waals surface area contributed by atoms with E-state index in [1.165, 1.54) is 18.2 Å². The molecule has 9 heteroatoms. The van der Waals surface area contributed by atoms with Gasteiger partial charge in [-0.15, -0.1) is 10.2 Å². The van der Waals surface area contributed by atoms with Crippen LogP contribution in [0.2, 0.25) is 0 Å². The van der Waals surface area contributed by atoms with Crippen LogP contribution in [0.1, 0.15) is 10.4 Å². The van der Waals surface area contributed by atoms with E-state index in [0.717, 1.165) is 11.3 Å². The minimum Gasteiger partial charge on any atom is -0.343 e. The first-order valence-corrected chi connectivity index (χ1v) is 8.02. The molecule has 0 aliphatic heterocycles. The molecule has 0 aliphatic carbocycles. The fourth-order valence-corrected chi connectivity index (χ4v) is 2.67. The van der Waals surface area contributed by atoms with Crippen molar-refractivity contribution in [2.24, 2.45) is 0 Å². The van der Waals surface area contributed by atoms with E-state index in [2.05, 4.69) is 25.8 Å². The highest BCUT2D eigenvalue weighted by molar-refractivity contribution is 7.18. The van der Waals surface area contributed by atoms with Crippen LogP contribution in [-0.4, -0.2) is 33.5 Å². The van der Waals surface area contributed by atoms with Crippen LogP contribution in [0.5, 0.6) is 0 Å². The van der Waals surface area contributed by atoms with Crippen LogP contribution in [0.25, 0.3) is 10.7 Å². The van der Waals surface area contributed by atoms with Crippen molar-refractivity contribution in [1.82, 2.24) is 20.5 Å². The Hall–Kier alpha value is -3.20. The van der Waals surface area contributed by atoms with Crippen molar-refractivity contribution in [3.8, 4) is 10.7 Å². The summed E-state index contributed by atoms with van der Waals surface area (Å²) in [5.41, 5.74) is 0.525. The molecule has 0 saturated carbocycles. The van der Waals surface area contributed by atoms with Crippen molar-refractivity contribution in [3.05, 3.63) is 60.0 Å². The van der Waals surface area contributed by atoms with E-state index in [4.69, 9.17) is 0 Å². The Balaban J connectivity index is 1.56. The molecule has 0 radical (unpaired) electrons. The van der Waals surface area contributed by atoms with Crippen molar-refractivity contribution in [2.75, 3.05) is 11.9 Å². The lowest BCUT2D eigenvalue weighted by molar-refractivity contribution is -0.115. The van der Waals surface area contributed by atoms with E-state index in [0.29, 0.717) is 10.7 Å². The standard InChI is InChI=1S/C16H12FN5O2S/c17-11-6-2-1-5-10(11)14(24)19-9-13(23)20-16-22-21-15(25-16)12-7-3-4-8-18-12/h1-8H,9H2,(H,19,24)(H,20,22,23). The zero-order chi connectivity index (χ0) is 17.6. The number of carbonyl (C=O) groups excluding carboxylic acids is 2. The number of nitrogens with zero attached hydrogens (tertiary/aromatic N) is 3. The second-order valence-corrected chi connectivity index (χ2v) is 5.82. The number of halogens is 1. The number of anilines is 1. The van der Waals surface area contributed by atoms with E-state index < -0.39 is 17.6 Å². The summed E-state index contributed by atoms with van der Waals surface area (Å²) in [6.07, 6.45) is 1.63. The van der Waals surface area contributed by atoms with Gasteiger partial charge in [-0.25, -0.2) is 4.39 Å². The molecule has 2 N–H and O–H groups in total. The summed E-state index contributed by atoms with van der Waals surface area (Å²) < 4.78 is 13.5. The summed E-state index contributed by atoms with van der Waals surface area (Å²) >= 11 is 1.16. The van der Waals surface area contributed by atoms with Gasteiger partial charge < -0.3 is 5.32 Å². The number of benzene rings is 1. The Morgan fingerprint density at radius 1 is 1.08 bits per heavy atom. The molecule has 0 atom stereocenters. The van der Waals surface area contributed by atoms with Gasteiger partial charge in [-0.2, -0.15) is 0 Å². The lowest BCUT2D eigenvalue weighted by atomic mass is 10.2. The Labute approximate surface area is 145 Å². The van der Waals surface area contributed by atoms with Crippen LogP contribution in [0.3, 0.4) is 0 Å². The SMILES string of the molecule is O=C(CNC(=O)c1ccccc1F)Nc1nnc(-c2ccccn2)s1. The first-order valence-electron chi connectivity index (χ1n) is 7.21. The van der Waals surface area contributed by atoms with Crippen molar-refractivity contribution in [2.45, 2.75) is 0 Å². The molecule has 3 aromatic rings. The first-order chi connectivity index (χ1) is 12.1. The Morgan fingerprint density at radius 3 is 2.64 bits per heavy atom. The maximum absolute atomic E-state index is 13.5. The summed E-state index contributed by atoms with van der Waals surface area (Å²) in [5, 5.41) is 13.5. The molecule has 25 heavy (non-hydrogen) atoms. The molecule has 7 nitrogen and oxygen atoms in total. The number of nitrogens with one attached hydrogen (secondary N) is 2. The molecule has 2 aromatic heterocycles. The molecule has 126 valence electrons. The predicted octanol–water partition coefficient (Wildman–Crippen LogP) is 2.11. The molecular formula is C16H12FN5O2S. The third-order valence-corrected chi connectivity index (χ3v) is 3.94. The topological polar surface area (TPSA) is 96.9 Å². The van der Waals surface area contributed by atoms with Crippen LogP contribution >= 0.6 is 11.3 Å². The number of hydrogen-bond acceptors (Lipinski definition) is 6. The molecule has 3 rings (SSSR count). The van der Waals surface area contributed by atoms with Gasteiger partial charge in [-0.3, -0.25) is 19.9 Å². The van der Waals surface area contributed by atoms with Crippen LogP contribution in [-0.2, 0) is 4.79 Å². The lowest BCUT2D eigenvalue weighted by Gasteiger charge is -2.05. The first kappa shape index (κ1) is 16.7. The van der Waals surface area contributed by atoms with Gasteiger partial charge in [0, 0.05) is 6.20 Å². The third kappa shape index (κ3) is 4.21. The highest BCUT2D eigenvalue weighted by atomic mass is 32.1. The highest BCUT2D eigenvalue weighted by Gasteiger charge is 2.14. The molecule has 1 aromatic carbocycles. The van der Waals surface area contributed by atoms with Crippen molar-refractivity contribution in [3.63, 3.8) is 0 Å².